The summed E-state index contributed by atoms with van der Waals surface area (Å²) in [5.41, 5.74) is -0.219. The van der Waals surface area contributed by atoms with Crippen LogP contribution in [0.1, 0.15) is 28.1 Å². The quantitative estimate of drug-likeness (QED) is 0.534. The fourth-order valence-corrected chi connectivity index (χ4v) is 3.09. The van der Waals surface area contributed by atoms with Crippen LogP contribution in [0, 0.1) is 11.6 Å². The summed E-state index contributed by atoms with van der Waals surface area (Å²) in [4.78, 5) is 27.0. The molecule has 0 atom stereocenters. The van der Waals surface area contributed by atoms with Crippen molar-refractivity contribution >= 4 is 23.2 Å². The molecule has 0 fully saturated rings. The van der Waals surface area contributed by atoms with Gasteiger partial charge >= 0.3 is 0 Å². The van der Waals surface area contributed by atoms with E-state index in [1.165, 1.54) is 0 Å². The van der Waals surface area contributed by atoms with Crippen molar-refractivity contribution in [1.82, 2.24) is 10.2 Å². The molecule has 0 unspecified atom stereocenters. The molecule has 0 aliphatic rings. The van der Waals surface area contributed by atoms with Gasteiger partial charge in [-0.05, 0) is 30.0 Å². The van der Waals surface area contributed by atoms with Crippen molar-refractivity contribution in [3.8, 4) is 0 Å². The Morgan fingerprint density at radius 2 is 2.08 bits per heavy atom. The summed E-state index contributed by atoms with van der Waals surface area (Å²) in [6, 6.07) is 6.68. The third kappa shape index (κ3) is 5.77. The SMILES string of the molecule is C=CCN(Cc1cccs1)C(=O)CCCNC(=O)c1ccc(F)cc1F. The highest BCUT2D eigenvalue weighted by molar-refractivity contribution is 7.09. The van der Waals surface area contributed by atoms with Crippen LogP contribution in [0.2, 0.25) is 0 Å². The van der Waals surface area contributed by atoms with Crippen LogP contribution in [0.3, 0.4) is 0 Å². The zero-order chi connectivity index (χ0) is 18.9. The summed E-state index contributed by atoms with van der Waals surface area (Å²) in [5.74, 6) is -2.32. The van der Waals surface area contributed by atoms with Gasteiger partial charge in [0.1, 0.15) is 11.6 Å². The summed E-state index contributed by atoms with van der Waals surface area (Å²) in [7, 11) is 0. The lowest BCUT2D eigenvalue weighted by molar-refractivity contribution is -0.131. The first kappa shape index (κ1) is 19.8. The molecule has 2 aromatic rings. The molecule has 0 spiro atoms. The van der Waals surface area contributed by atoms with Gasteiger partial charge in [0.15, 0.2) is 0 Å². The normalized spacial score (nSPS) is 10.4. The minimum atomic E-state index is -0.910. The molecule has 1 heterocycles. The molecule has 0 saturated carbocycles. The molecule has 4 nitrogen and oxygen atoms in total. The Balaban J connectivity index is 1.79. The van der Waals surface area contributed by atoms with Crippen LogP contribution in [0.15, 0.2) is 48.4 Å². The number of carbonyl (C=O) groups is 2. The molecule has 26 heavy (non-hydrogen) atoms. The van der Waals surface area contributed by atoms with Crippen LogP contribution in [-0.4, -0.2) is 29.8 Å². The van der Waals surface area contributed by atoms with Crippen LogP contribution < -0.4 is 5.32 Å². The van der Waals surface area contributed by atoms with Crippen molar-refractivity contribution in [2.45, 2.75) is 19.4 Å². The second-order valence-corrected chi connectivity index (χ2v) is 6.66. The molecule has 2 rings (SSSR count). The van der Waals surface area contributed by atoms with Gasteiger partial charge in [-0.15, -0.1) is 17.9 Å². The van der Waals surface area contributed by atoms with E-state index >= 15 is 0 Å². The van der Waals surface area contributed by atoms with Crippen molar-refractivity contribution in [2.24, 2.45) is 0 Å². The third-order valence-electron chi connectivity index (χ3n) is 3.66. The molecule has 0 radical (unpaired) electrons. The van der Waals surface area contributed by atoms with Crippen LogP contribution in [0.5, 0.6) is 0 Å². The minimum absolute atomic E-state index is 0.0412. The summed E-state index contributed by atoms with van der Waals surface area (Å²) >= 11 is 1.58. The fourth-order valence-electron chi connectivity index (χ4n) is 2.37. The first-order valence-corrected chi connectivity index (χ1v) is 9.03. The lowest BCUT2D eigenvalue weighted by Crippen LogP contribution is -2.31. The number of thiophene rings is 1. The van der Waals surface area contributed by atoms with E-state index in [2.05, 4.69) is 11.9 Å². The zero-order valence-electron chi connectivity index (χ0n) is 14.2. The van der Waals surface area contributed by atoms with Crippen molar-refractivity contribution in [3.63, 3.8) is 0 Å². The molecule has 2 amide bonds. The monoisotopic (exact) mass is 378 g/mol. The molecule has 1 N–H and O–H groups in total. The second-order valence-electron chi connectivity index (χ2n) is 5.63. The van der Waals surface area contributed by atoms with E-state index in [1.807, 2.05) is 17.5 Å². The second kappa shape index (κ2) is 9.82. The molecule has 0 saturated heterocycles. The molecular formula is C19H20F2N2O2S. The van der Waals surface area contributed by atoms with Gasteiger partial charge in [0, 0.05) is 30.5 Å². The predicted octanol–water partition coefficient (Wildman–Crippen LogP) is 3.75. The summed E-state index contributed by atoms with van der Waals surface area (Å²) in [6.45, 7) is 4.87. The Hall–Kier alpha value is -2.54. The average Bonchev–Trinajstić information content (AvgIpc) is 3.11. The molecule has 0 aliphatic heterocycles. The highest BCUT2D eigenvalue weighted by atomic mass is 32.1. The Labute approximate surface area is 155 Å². The van der Waals surface area contributed by atoms with E-state index in [1.54, 1.807) is 22.3 Å². The highest BCUT2D eigenvalue weighted by Crippen LogP contribution is 2.13. The molecule has 1 aromatic heterocycles. The average molecular weight is 378 g/mol. The van der Waals surface area contributed by atoms with Crippen molar-refractivity contribution in [2.75, 3.05) is 13.1 Å². The van der Waals surface area contributed by atoms with E-state index in [4.69, 9.17) is 0 Å². The van der Waals surface area contributed by atoms with Crippen LogP contribution in [0.4, 0.5) is 8.78 Å². The lowest BCUT2D eigenvalue weighted by atomic mass is 10.2. The third-order valence-corrected chi connectivity index (χ3v) is 4.52. The van der Waals surface area contributed by atoms with Gasteiger partial charge in [-0.3, -0.25) is 9.59 Å². The number of halogens is 2. The Morgan fingerprint density at radius 3 is 2.73 bits per heavy atom. The van der Waals surface area contributed by atoms with E-state index in [-0.39, 0.29) is 24.4 Å². The maximum absolute atomic E-state index is 13.5. The van der Waals surface area contributed by atoms with Gasteiger partial charge in [0.25, 0.3) is 5.91 Å². The van der Waals surface area contributed by atoms with Crippen LogP contribution >= 0.6 is 11.3 Å². The van der Waals surface area contributed by atoms with Gasteiger partial charge in [-0.2, -0.15) is 0 Å². The molecule has 0 aliphatic carbocycles. The maximum atomic E-state index is 13.5. The van der Waals surface area contributed by atoms with Crippen molar-refractivity contribution < 1.29 is 18.4 Å². The number of benzene rings is 1. The Morgan fingerprint density at radius 1 is 1.27 bits per heavy atom. The van der Waals surface area contributed by atoms with Crippen molar-refractivity contribution in [1.29, 1.82) is 0 Å². The van der Waals surface area contributed by atoms with E-state index in [0.29, 0.717) is 25.6 Å². The minimum Gasteiger partial charge on any atom is -0.352 e. The van der Waals surface area contributed by atoms with Crippen LogP contribution in [0.25, 0.3) is 0 Å². The van der Waals surface area contributed by atoms with E-state index in [9.17, 15) is 18.4 Å². The number of carbonyl (C=O) groups excluding carboxylic acids is 2. The highest BCUT2D eigenvalue weighted by Gasteiger charge is 2.14. The zero-order valence-corrected chi connectivity index (χ0v) is 15.0. The number of hydrogen-bond donors (Lipinski definition) is 1. The number of nitrogens with one attached hydrogen (secondary N) is 1. The van der Waals surface area contributed by atoms with Gasteiger partial charge in [-0.25, -0.2) is 8.78 Å². The predicted molar refractivity (Wildman–Crippen MR) is 97.9 cm³/mol. The number of nitrogens with zero attached hydrogens (tertiary/aromatic N) is 1. The summed E-state index contributed by atoms with van der Waals surface area (Å²) in [6.07, 6.45) is 2.35. The van der Waals surface area contributed by atoms with Crippen LogP contribution in [-0.2, 0) is 11.3 Å². The largest absolute Gasteiger partial charge is 0.352 e. The number of amides is 2. The topological polar surface area (TPSA) is 49.4 Å². The fraction of sp³-hybridized carbons (Fsp3) is 0.263. The Kier molecular flexibility index (Phi) is 7.47. The molecule has 0 bridgehead atoms. The van der Waals surface area contributed by atoms with Gasteiger partial charge in [0.2, 0.25) is 5.91 Å². The molecule has 7 heteroatoms. The smallest absolute Gasteiger partial charge is 0.254 e. The van der Waals surface area contributed by atoms with E-state index in [0.717, 1.165) is 17.0 Å². The number of hydrogen-bond acceptors (Lipinski definition) is 3. The first-order chi connectivity index (χ1) is 12.5. The van der Waals surface area contributed by atoms with Gasteiger partial charge in [0.05, 0.1) is 12.1 Å². The summed E-state index contributed by atoms with van der Waals surface area (Å²) < 4.78 is 26.4. The molecule has 1 aromatic carbocycles. The maximum Gasteiger partial charge on any atom is 0.254 e. The molecule has 138 valence electrons. The first-order valence-electron chi connectivity index (χ1n) is 8.15. The Bertz CT molecular complexity index is 763. The molecular weight excluding hydrogens is 358 g/mol. The standard InChI is InChI=1S/C19H20F2N2O2S/c1-2-10-23(13-15-5-4-11-26-15)18(24)6-3-9-22-19(25)16-8-7-14(20)12-17(16)21/h2,4-5,7-8,11-12H,1,3,6,9-10,13H2,(H,22,25). The lowest BCUT2D eigenvalue weighted by Gasteiger charge is -2.20. The van der Waals surface area contributed by atoms with Gasteiger partial charge in [-0.1, -0.05) is 12.1 Å². The number of rotatable bonds is 9. The summed E-state index contributed by atoms with van der Waals surface area (Å²) in [5, 5.41) is 4.50. The van der Waals surface area contributed by atoms with Gasteiger partial charge < -0.3 is 10.2 Å². The van der Waals surface area contributed by atoms with E-state index < -0.39 is 17.5 Å². The van der Waals surface area contributed by atoms with Crippen molar-refractivity contribution in [3.05, 3.63) is 70.4 Å².